The molecular formula is C23H27F6N5O4. The number of likely N-dealkylation sites (tertiary alicyclic amines) is 1. The van der Waals surface area contributed by atoms with Crippen molar-refractivity contribution in [3.05, 3.63) is 48.5 Å². The van der Waals surface area contributed by atoms with E-state index >= 15 is 0 Å². The van der Waals surface area contributed by atoms with Crippen LogP contribution in [0, 0.1) is 5.41 Å². The zero-order valence-corrected chi connectivity index (χ0v) is 20.1. The topological polar surface area (TPSA) is 120 Å². The Balaban J connectivity index is 0.000000301. The summed E-state index contributed by atoms with van der Waals surface area (Å²) < 4.78 is 63.5. The molecule has 4 rings (SSSR count). The first kappa shape index (κ1) is 30.7. The Bertz CT molecular complexity index is 982. The number of carboxylic acids is 2. The molecule has 0 unspecified atom stereocenters. The maximum absolute atomic E-state index is 10.6. The Kier molecular flexibility index (Phi) is 10.8. The van der Waals surface area contributed by atoms with E-state index in [1.54, 1.807) is 0 Å². The van der Waals surface area contributed by atoms with Gasteiger partial charge in [-0.25, -0.2) is 19.6 Å². The predicted octanol–water partition coefficient (Wildman–Crippen LogP) is 4.02. The van der Waals surface area contributed by atoms with Gasteiger partial charge in [-0.1, -0.05) is 0 Å². The van der Waals surface area contributed by atoms with Gasteiger partial charge in [0.1, 0.15) is 0 Å². The number of carboxylic acid groups (broad SMARTS) is 2. The minimum Gasteiger partial charge on any atom is -0.475 e. The van der Waals surface area contributed by atoms with Crippen molar-refractivity contribution in [2.24, 2.45) is 5.41 Å². The third-order valence-corrected chi connectivity index (χ3v) is 6.22. The van der Waals surface area contributed by atoms with Crippen LogP contribution < -0.4 is 4.90 Å². The lowest BCUT2D eigenvalue weighted by atomic mass is 9.71. The Hall–Kier alpha value is -3.49. The van der Waals surface area contributed by atoms with E-state index in [0.29, 0.717) is 5.41 Å². The molecule has 0 atom stereocenters. The second-order valence-electron chi connectivity index (χ2n) is 8.77. The summed E-state index contributed by atoms with van der Waals surface area (Å²) in [6.07, 6.45) is 2.48. The number of anilines is 1. The quantitative estimate of drug-likeness (QED) is 0.545. The Morgan fingerprint density at radius 1 is 0.789 bits per heavy atom. The first-order valence-corrected chi connectivity index (χ1v) is 11.5. The van der Waals surface area contributed by atoms with Crippen molar-refractivity contribution in [2.45, 2.75) is 44.6 Å². The lowest BCUT2D eigenvalue weighted by Crippen LogP contribution is -2.47. The molecule has 2 aliphatic rings. The van der Waals surface area contributed by atoms with Crippen molar-refractivity contribution in [1.82, 2.24) is 19.9 Å². The summed E-state index contributed by atoms with van der Waals surface area (Å²) in [7, 11) is 0. The van der Waals surface area contributed by atoms with Crippen molar-refractivity contribution in [3.63, 3.8) is 0 Å². The van der Waals surface area contributed by atoms with E-state index in [1.807, 2.05) is 30.9 Å². The second-order valence-corrected chi connectivity index (χ2v) is 8.77. The fraction of sp³-hybridized carbons (Fsp3) is 0.522. The third-order valence-electron chi connectivity index (χ3n) is 6.22. The van der Waals surface area contributed by atoms with Gasteiger partial charge in [-0.05, 0) is 68.0 Å². The van der Waals surface area contributed by atoms with Crippen LogP contribution in [0.15, 0.2) is 43.0 Å². The molecule has 210 valence electrons. The first-order chi connectivity index (χ1) is 17.7. The molecule has 2 aromatic rings. The summed E-state index contributed by atoms with van der Waals surface area (Å²) in [5, 5.41) is 14.2. The molecule has 9 nitrogen and oxygen atoms in total. The van der Waals surface area contributed by atoms with Crippen molar-refractivity contribution in [1.29, 1.82) is 0 Å². The molecule has 0 radical (unpaired) electrons. The van der Waals surface area contributed by atoms with E-state index in [4.69, 9.17) is 19.8 Å². The molecule has 2 aromatic heterocycles. The Labute approximate surface area is 214 Å². The number of piperidine rings is 2. The van der Waals surface area contributed by atoms with Crippen LogP contribution in [0.4, 0.5) is 32.3 Å². The van der Waals surface area contributed by atoms with E-state index < -0.39 is 24.3 Å². The lowest BCUT2D eigenvalue weighted by Gasteiger charge is -2.47. The average molecular weight is 551 g/mol. The normalized spacial score (nSPS) is 17.5. The zero-order valence-electron chi connectivity index (χ0n) is 20.1. The molecule has 2 fully saturated rings. The largest absolute Gasteiger partial charge is 0.490 e. The number of hydrogen-bond acceptors (Lipinski definition) is 7. The molecule has 2 N–H and O–H groups in total. The maximum Gasteiger partial charge on any atom is 0.490 e. The van der Waals surface area contributed by atoms with Crippen LogP contribution in [0.3, 0.4) is 0 Å². The number of carbonyl (C=O) groups is 2. The predicted molar refractivity (Wildman–Crippen MR) is 122 cm³/mol. The lowest BCUT2D eigenvalue weighted by molar-refractivity contribution is -0.193. The smallest absolute Gasteiger partial charge is 0.475 e. The third kappa shape index (κ3) is 10.1. The standard InChI is InChI=1S/C19H25N5.2C2HF3O2/c1-8-21-18(22-9-1)24-14-6-19(7-15-24)4-12-23(13-5-19)16-17-2-10-20-11-3-17;2*3-2(4,5)1(6)7/h1-3,8-11H,4-7,12-16H2;2*(H,6,7). The monoisotopic (exact) mass is 551 g/mol. The number of nitrogens with zero attached hydrogens (tertiary/aromatic N) is 5. The highest BCUT2D eigenvalue weighted by Crippen LogP contribution is 2.41. The SMILES string of the molecule is O=C(O)C(F)(F)F.O=C(O)C(F)(F)F.c1cnc(N2CCC3(CCN(Cc4ccncc4)CC3)CC2)nc1. The van der Waals surface area contributed by atoms with E-state index in [-0.39, 0.29) is 0 Å². The number of pyridine rings is 1. The van der Waals surface area contributed by atoms with Gasteiger partial charge < -0.3 is 15.1 Å². The summed E-state index contributed by atoms with van der Waals surface area (Å²) in [5.41, 5.74) is 1.91. The molecule has 1 spiro atoms. The van der Waals surface area contributed by atoms with E-state index in [9.17, 15) is 26.3 Å². The van der Waals surface area contributed by atoms with Crippen LogP contribution in [0.1, 0.15) is 31.2 Å². The molecule has 2 aliphatic heterocycles. The number of rotatable bonds is 3. The molecule has 0 saturated carbocycles. The van der Waals surface area contributed by atoms with E-state index in [1.165, 1.54) is 44.3 Å². The summed E-state index contributed by atoms with van der Waals surface area (Å²) >= 11 is 0. The molecule has 2 saturated heterocycles. The molecular weight excluding hydrogens is 524 g/mol. The molecule has 0 bridgehead atoms. The highest BCUT2D eigenvalue weighted by molar-refractivity contribution is 5.73. The number of aliphatic carboxylic acids is 2. The van der Waals surface area contributed by atoms with Gasteiger partial charge in [0.25, 0.3) is 0 Å². The van der Waals surface area contributed by atoms with Crippen LogP contribution in [-0.2, 0) is 16.1 Å². The van der Waals surface area contributed by atoms with Crippen LogP contribution >= 0.6 is 0 Å². The molecule has 0 aliphatic carbocycles. The Morgan fingerprint density at radius 3 is 1.63 bits per heavy atom. The fourth-order valence-corrected chi connectivity index (χ4v) is 4.07. The maximum atomic E-state index is 10.6. The molecule has 0 aromatic carbocycles. The van der Waals surface area contributed by atoms with Crippen molar-refractivity contribution in [2.75, 3.05) is 31.1 Å². The number of hydrogen-bond donors (Lipinski definition) is 2. The van der Waals surface area contributed by atoms with Crippen LogP contribution in [0.2, 0.25) is 0 Å². The first-order valence-electron chi connectivity index (χ1n) is 11.5. The average Bonchev–Trinajstić information content (AvgIpc) is 2.87. The molecule has 4 heterocycles. The van der Waals surface area contributed by atoms with Gasteiger partial charge in [-0.3, -0.25) is 9.88 Å². The van der Waals surface area contributed by atoms with Gasteiger partial charge in [-0.15, -0.1) is 0 Å². The minimum absolute atomic E-state index is 0.542. The summed E-state index contributed by atoms with van der Waals surface area (Å²) in [5.74, 6) is -4.62. The zero-order chi connectivity index (χ0) is 28.4. The van der Waals surface area contributed by atoms with Crippen molar-refractivity contribution < 1.29 is 46.1 Å². The van der Waals surface area contributed by atoms with Gasteiger partial charge in [-0.2, -0.15) is 26.3 Å². The summed E-state index contributed by atoms with van der Waals surface area (Å²) in [6, 6.07) is 6.14. The summed E-state index contributed by atoms with van der Waals surface area (Å²) in [4.78, 5) is 35.6. The van der Waals surface area contributed by atoms with Crippen LogP contribution in [-0.4, -0.2) is 80.5 Å². The van der Waals surface area contributed by atoms with Crippen LogP contribution in [0.25, 0.3) is 0 Å². The summed E-state index contributed by atoms with van der Waals surface area (Å²) in [6.45, 7) is 5.67. The van der Waals surface area contributed by atoms with Crippen LogP contribution in [0.5, 0.6) is 0 Å². The fourth-order valence-electron chi connectivity index (χ4n) is 4.07. The number of alkyl halides is 6. The number of halogens is 6. The molecule has 0 amide bonds. The molecule has 15 heteroatoms. The van der Waals surface area contributed by atoms with E-state index in [0.717, 1.165) is 25.6 Å². The number of aromatic nitrogens is 3. The minimum atomic E-state index is -5.08. The van der Waals surface area contributed by atoms with Gasteiger partial charge in [0.15, 0.2) is 0 Å². The second kappa shape index (κ2) is 13.3. The van der Waals surface area contributed by atoms with Gasteiger partial charge in [0, 0.05) is 44.4 Å². The Morgan fingerprint density at radius 2 is 1.21 bits per heavy atom. The van der Waals surface area contributed by atoms with Gasteiger partial charge in [0.05, 0.1) is 0 Å². The van der Waals surface area contributed by atoms with E-state index in [2.05, 4.69) is 36.9 Å². The van der Waals surface area contributed by atoms with Crippen molar-refractivity contribution >= 4 is 17.9 Å². The highest BCUT2D eigenvalue weighted by atomic mass is 19.4. The van der Waals surface area contributed by atoms with Gasteiger partial charge >= 0.3 is 24.3 Å². The van der Waals surface area contributed by atoms with Gasteiger partial charge in [0.2, 0.25) is 5.95 Å². The van der Waals surface area contributed by atoms with Crippen molar-refractivity contribution in [3.8, 4) is 0 Å². The molecule has 38 heavy (non-hydrogen) atoms. The highest BCUT2D eigenvalue weighted by Gasteiger charge is 2.39.